The van der Waals surface area contributed by atoms with Crippen LogP contribution in [0.15, 0.2) is 41.8 Å². The summed E-state index contributed by atoms with van der Waals surface area (Å²) in [4.78, 5) is 14.8. The van der Waals surface area contributed by atoms with E-state index in [1.807, 2.05) is 35.7 Å². The van der Waals surface area contributed by atoms with Crippen LogP contribution in [-0.2, 0) is 0 Å². The maximum Gasteiger partial charge on any atom is 0.258 e. The van der Waals surface area contributed by atoms with Gasteiger partial charge in [-0.2, -0.15) is 0 Å². The van der Waals surface area contributed by atoms with Gasteiger partial charge in [0.25, 0.3) is 5.91 Å². The SMILES string of the molecule is CN(C(=O)c1csc(C#CCCO)c1)c1ccccc1. The molecule has 2 rings (SSSR count). The molecule has 1 N–H and O–H groups in total. The quantitative estimate of drug-likeness (QED) is 0.881. The van der Waals surface area contributed by atoms with Crippen molar-refractivity contribution in [1.29, 1.82) is 0 Å². The smallest absolute Gasteiger partial charge is 0.258 e. The van der Waals surface area contributed by atoms with Gasteiger partial charge in [-0.05, 0) is 18.2 Å². The number of rotatable bonds is 3. The standard InChI is InChI=1S/C16H15NO2S/c1-17(14-7-3-2-4-8-14)16(19)13-11-15(20-12-13)9-5-6-10-18/h2-4,7-8,11-12,18H,6,10H2,1H3. The lowest BCUT2D eigenvalue weighted by molar-refractivity contribution is 0.0993. The van der Waals surface area contributed by atoms with Crippen molar-refractivity contribution in [2.45, 2.75) is 6.42 Å². The summed E-state index contributed by atoms with van der Waals surface area (Å²) in [6, 6.07) is 11.3. The average molecular weight is 285 g/mol. The van der Waals surface area contributed by atoms with Gasteiger partial charge in [0.05, 0.1) is 17.0 Å². The van der Waals surface area contributed by atoms with Gasteiger partial charge >= 0.3 is 0 Å². The molecule has 0 atom stereocenters. The topological polar surface area (TPSA) is 40.5 Å². The number of hydrogen-bond acceptors (Lipinski definition) is 3. The van der Waals surface area contributed by atoms with Crippen LogP contribution in [0.2, 0.25) is 0 Å². The molecule has 1 aromatic heterocycles. The summed E-state index contributed by atoms with van der Waals surface area (Å²) in [5, 5.41) is 10.5. The van der Waals surface area contributed by atoms with Gasteiger partial charge < -0.3 is 10.0 Å². The molecular formula is C16H15NO2S. The number of carbonyl (C=O) groups excluding carboxylic acids is 1. The van der Waals surface area contributed by atoms with Crippen LogP contribution in [0.5, 0.6) is 0 Å². The summed E-state index contributed by atoms with van der Waals surface area (Å²) in [5.41, 5.74) is 1.49. The molecule has 0 aliphatic carbocycles. The summed E-state index contributed by atoms with van der Waals surface area (Å²) in [7, 11) is 1.76. The summed E-state index contributed by atoms with van der Waals surface area (Å²) in [6.07, 6.45) is 0.450. The van der Waals surface area contributed by atoms with Crippen molar-refractivity contribution in [3.8, 4) is 11.8 Å². The molecule has 0 saturated carbocycles. The van der Waals surface area contributed by atoms with E-state index in [0.29, 0.717) is 12.0 Å². The van der Waals surface area contributed by atoms with Crippen molar-refractivity contribution in [3.05, 3.63) is 52.2 Å². The summed E-state index contributed by atoms with van der Waals surface area (Å²) >= 11 is 1.44. The van der Waals surface area contributed by atoms with E-state index in [-0.39, 0.29) is 12.5 Å². The molecule has 3 nitrogen and oxygen atoms in total. The Kier molecular flexibility index (Phi) is 4.94. The van der Waals surface area contributed by atoms with Crippen molar-refractivity contribution in [3.63, 3.8) is 0 Å². The molecular weight excluding hydrogens is 270 g/mol. The van der Waals surface area contributed by atoms with Crippen molar-refractivity contribution >= 4 is 22.9 Å². The minimum absolute atomic E-state index is 0.0531. The highest BCUT2D eigenvalue weighted by Crippen LogP contribution is 2.19. The number of hydrogen-bond donors (Lipinski definition) is 1. The number of anilines is 1. The van der Waals surface area contributed by atoms with E-state index < -0.39 is 0 Å². The third-order valence-corrected chi connectivity index (χ3v) is 3.59. The fraction of sp³-hybridized carbons (Fsp3) is 0.188. The number of amides is 1. The monoisotopic (exact) mass is 285 g/mol. The first-order valence-electron chi connectivity index (χ1n) is 6.23. The van der Waals surface area contributed by atoms with E-state index in [4.69, 9.17) is 5.11 Å². The lowest BCUT2D eigenvalue weighted by Crippen LogP contribution is -2.25. The van der Waals surface area contributed by atoms with Crippen LogP contribution in [0.1, 0.15) is 21.7 Å². The number of aliphatic hydroxyl groups is 1. The van der Waals surface area contributed by atoms with E-state index >= 15 is 0 Å². The van der Waals surface area contributed by atoms with Gasteiger partial charge in [-0.1, -0.05) is 30.0 Å². The second-order valence-electron chi connectivity index (χ2n) is 4.17. The highest BCUT2D eigenvalue weighted by Gasteiger charge is 2.14. The Balaban J connectivity index is 2.12. The van der Waals surface area contributed by atoms with Gasteiger partial charge in [0.2, 0.25) is 0 Å². The molecule has 4 heteroatoms. The van der Waals surface area contributed by atoms with Crippen molar-refractivity contribution in [2.24, 2.45) is 0 Å². The molecule has 1 aromatic carbocycles. The molecule has 0 saturated heterocycles. The number of carbonyl (C=O) groups is 1. The Labute approximate surface area is 122 Å². The Hall–Kier alpha value is -2.09. The molecule has 2 aromatic rings. The highest BCUT2D eigenvalue weighted by atomic mass is 32.1. The van der Waals surface area contributed by atoms with Crippen LogP contribution >= 0.6 is 11.3 Å². The van der Waals surface area contributed by atoms with Crippen LogP contribution < -0.4 is 4.90 Å². The first-order valence-corrected chi connectivity index (χ1v) is 7.11. The molecule has 0 fully saturated rings. The Morgan fingerprint density at radius 3 is 2.80 bits per heavy atom. The second-order valence-corrected chi connectivity index (χ2v) is 5.09. The largest absolute Gasteiger partial charge is 0.395 e. The molecule has 0 spiro atoms. The van der Waals surface area contributed by atoms with E-state index in [9.17, 15) is 4.79 Å². The summed E-state index contributed by atoms with van der Waals surface area (Å²) < 4.78 is 0. The molecule has 1 amide bonds. The van der Waals surface area contributed by atoms with Gasteiger partial charge in [-0.15, -0.1) is 11.3 Å². The number of thiophene rings is 1. The first-order chi connectivity index (χ1) is 9.72. The zero-order chi connectivity index (χ0) is 14.4. The highest BCUT2D eigenvalue weighted by molar-refractivity contribution is 7.10. The lowest BCUT2D eigenvalue weighted by atomic mass is 10.2. The van der Waals surface area contributed by atoms with Gasteiger partial charge in [0, 0.05) is 24.5 Å². The fourth-order valence-electron chi connectivity index (χ4n) is 1.68. The third kappa shape index (κ3) is 3.47. The van der Waals surface area contributed by atoms with E-state index in [2.05, 4.69) is 11.8 Å². The fourth-order valence-corrected chi connectivity index (χ4v) is 2.43. The molecule has 0 unspecified atom stereocenters. The molecule has 0 aliphatic heterocycles. The van der Waals surface area contributed by atoms with Gasteiger partial charge in [0.15, 0.2) is 0 Å². The second kappa shape index (κ2) is 6.90. The van der Waals surface area contributed by atoms with Crippen LogP contribution in [0.4, 0.5) is 5.69 Å². The summed E-state index contributed by atoms with van der Waals surface area (Å²) in [6.45, 7) is 0.0565. The van der Waals surface area contributed by atoms with Gasteiger partial charge in [-0.25, -0.2) is 0 Å². The van der Waals surface area contributed by atoms with Gasteiger partial charge in [0.1, 0.15) is 0 Å². The maximum absolute atomic E-state index is 12.3. The molecule has 0 bridgehead atoms. The predicted molar refractivity (Wildman–Crippen MR) is 82.1 cm³/mol. The maximum atomic E-state index is 12.3. The normalized spacial score (nSPS) is 9.70. The van der Waals surface area contributed by atoms with Crippen molar-refractivity contribution in [2.75, 3.05) is 18.6 Å². The molecule has 1 heterocycles. The van der Waals surface area contributed by atoms with Crippen molar-refractivity contribution < 1.29 is 9.90 Å². The zero-order valence-corrected chi connectivity index (χ0v) is 12.0. The van der Waals surface area contributed by atoms with Crippen molar-refractivity contribution in [1.82, 2.24) is 0 Å². The molecule has 0 radical (unpaired) electrons. The Bertz CT molecular complexity index is 637. The van der Waals surface area contributed by atoms with Crippen LogP contribution in [0.25, 0.3) is 0 Å². The average Bonchev–Trinajstić information content (AvgIpc) is 2.96. The number of benzene rings is 1. The van der Waals surface area contributed by atoms with Crippen LogP contribution in [0.3, 0.4) is 0 Å². The van der Waals surface area contributed by atoms with Crippen LogP contribution in [-0.4, -0.2) is 24.7 Å². The summed E-state index contributed by atoms with van der Waals surface area (Å²) in [5.74, 6) is 5.73. The third-order valence-electron chi connectivity index (χ3n) is 2.74. The van der Waals surface area contributed by atoms with E-state index in [1.165, 1.54) is 11.3 Å². The van der Waals surface area contributed by atoms with E-state index in [0.717, 1.165) is 10.6 Å². The minimum Gasteiger partial charge on any atom is -0.395 e. The van der Waals surface area contributed by atoms with Gasteiger partial charge in [-0.3, -0.25) is 4.79 Å². The van der Waals surface area contributed by atoms with E-state index in [1.54, 1.807) is 18.0 Å². The molecule has 102 valence electrons. The zero-order valence-electron chi connectivity index (χ0n) is 11.2. The Morgan fingerprint density at radius 1 is 1.35 bits per heavy atom. The number of aliphatic hydroxyl groups excluding tert-OH is 1. The Morgan fingerprint density at radius 2 is 2.10 bits per heavy atom. The predicted octanol–water partition coefficient (Wildman–Crippen LogP) is 2.76. The first kappa shape index (κ1) is 14.3. The number of nitrogens with zero attached hydrogens (tertiary/aromatic N) is 1. The molecule has 0 aliphatic rings. The lowest BCUT2D eigenvalue weighted by Gasteiger charge is -2.16. The minimum atomic E-state index is -0.0531. The van der Waals surface area contributed by atoms with Crippen LogP contribution in [0, 0.1) is 11.8 Å². The molecule has 20 heavy (non-hydrogen) atoms. The number of para-hydroxylation sites is 1.